The molecule has 0 radical (unpaired) electrons. The second-order valence-corrected chi connectivity index (χ2v) is 11.2. The maximum atomic E-state index is 12.9. The first-order valence-corrected chi connectivity index (χ1v) is 12.8. The van der Waals surface area contributed by atoms with Gasteiger partial charge in [0.05, 0.1) is 21.0 Å². The molecule has 0 aliphatic rings. The Morgan fingerprint density at radius 3 is 1.64 bits per heavy atom. The van der Waals surface area contributed by atoms with E-state index < -0.39 is 37.5 Å². The molecule has 0 aromatic heterocycles. The van der Waals surface area contributed by atoms with Gasteiger partial charge in [-0.15, -0.1) is 0 Å². The number of sulfonamides is 2. The first-order chi connectivity index (χ1) is 15.2. The van der Waals surface area contributed by atoms with Crippen LogP contribution in [0.15, 0.2) is 70.5 Å². The molecular formula is C19H12Cl3F3N2O4S2. The van der Waals surface area contributed by atoms with Crippen molar-refractivity contribution >= 4 is 66.2 Å². The van der Waals surface area contributed by atoms with Crippen molar-refractivity contribution in [3.05, 3.63) is 81.3 Å². The highest BCUT2D eigenvalue weighted by Gasteiger charge is 2.31. The molecule has 0 amide bonds. The number of rotatable bonds is 6. The van der Waals surface area contributed by atoms with Gasteiger partial charge in [0, 0.05) is 20.8 Å². The molecule has 3 rings (SSSR count). The van der Waals surface area contributed by atoms with Gasteiger partial charge in [-0.2, -0.15) is 13.2 Å². The van der Waals surface area contributed by atoms with Crippen LogP contribution in [0.2, 0.25) is 15.1 Å². The molecule has 0 fully saturated rings. The van der Waals surface area contributed by atoms with Crippen molar-refractivity contribution in [2.45, 2.75) is 16.0 Å². The second-order valence-electron chi connectivity index (χ2n) is 6.57. The minimum atomic E-state index is -4.73. The number of hydrogen-bond donors (Lipinski definition) is 2. The fourth-order valence-electron chi connectivity index (χ4n) is 2.63. The molecule has 6 nitrogen and oxygen atoms in total. The molecule has 0 atom stereocenters. The van der Waals surface area contributed by atoms with Gasteiger partial charge < -0.3 is 0 Å². The third kappa shape index (κ3) is 6.45. The van der Waals surface area contributed by atoms with Crippen molar-refractivity contribution < 1.29 is 30.0 Å². The Labute approximate surface area is 202 Å². The second kappa shape index (κ2) is 9.22. The van der Waals surface area contributed by atoms with Crippen LogP contribution in [-0.4, -0.2) is 16.8 Å². The number of halogens is 6. The Kier molecular flexibility index (Phi) is 7.11. The van der Waals surface area contributed by atoms with Crippen molar-refractivity contribution in [3.8, 4) is 0 Å². The van der Waals surface area contributed by atoms with E-state index in [9.17, 15) is 30.0 Å². The Balaban J connectivity index is 1.83. The van der Waals surface area contributed by atoms with Crippen LogP contribution in [0.25, 0.3) is 0 Å². The molecule has 14 heteroatoms. The lowest BCUT2D eigenvalue weighted by molar-refractivity contribution is -0.137. The van der Waals surface area contributed by atoms with E-state index >= 15 is 0 Å². The van der Waals surface area contributed by atoms with Crippen molar-refractivity contribution in [2.75, 3.05) is 9.44 Å². The molecule has 33 heavy (non-hydrogen) atoms. The Hall–Kier alpha value is -2.18. The summed E-state index contributed by atoms with van der Waals surface area (Å²) in [5.74, 6) is 0. The van der Waals surface area contributed by atoms with Crippen LogP contribution in [0, 0.1) is 0 Å². The van der Waals surface area contributed by atoms with Crippen molar-refractivity contribution in [1.29, 1.82) is 0 Å². The zero-order chi connectivity index (χ0) is 24.6. The van der Waals surface area contributed by atoms with Gasteiger partial charge >= 0.3 is 6.18 Å². The zero-order valence-electron chi connectivity index (χ0n) is 16.0. The molecule has 0 bridgehead atoms. The van der Waals surface area contributed by atoms with Gasteiger partial charge in [0.25, 0.3) is 20.0 Å². The normalized spacial score (nSPS) is 12.4. The summed E-state index contributed by atoms with van der Waals surface area (Å²) < 4.78 is 93.2. The van der Waals surface area contributed by atoms with Crippen LogP contribution in [0.4, 0.5) is 24.5 Å². The van der Waals surface area contributed by atoms with Crippen molar-refractivity contribution in [3.63, 3.8) is 0 Å². The zero-order valence-corrected chi connectivity index (χ0v) is 19.9. The smallest absolute Gasteiger partial charge is 0.280 e. The van der Waals surface area contributed by atoms with Crippen molar-refractivity contribution in [1.82, 2.24) is 0 Å². The third-order valence-corrected chi connectivity index (χ3v) is 7.45. The van der Waals surface area contributed by atoms with Crippen LogP contribution in [-0.2, 0) is 26.2 Å². The maximum absolute atomic E-state index is 12.9. The highest BCUT2D eigenvalue weighted by atomic mass is 35.5. The lowest BCUT2D eigenvalue weighted by atomic mass is 10.2. The average Bonchev–Trinajstić information content (AvgIpc) is 2.66. The van der Waals surface area contributed by atoms with E-state index in [1.54, 1.807) is 0 Å². The van der Waals surface area contributed by atoms with E-state index in [2.05, 4.69) is 4.72 Å². The number of anilines is 2. The molecule has 3 aromatic carbocycles. The Bertz CT molecular complexity index is 1390. The van der Waals surface area contributed by atoms with E-state index in [1.165, 1.54) is 18.2 Å². The fraction of sp³-hybridized carbons (Fsp3) is 0.0526. The van der Waals surface area contributed by atoms with Gasteiger partial charge in [-0.1, -0.05) is 34.8 Å². The topological polar surface area (TPSA) is 92.3 Å². The minimum absolute atomic E-state index is 0.0205. The fourth-order valence-corrected chi connectivity index (χ4v) is 5.69. The van der Waals surface area contributed by atoms with Gasteiger partial charge in [-0.05, 0) is 60.7 Å². The number of benzene rings is 3. The minimum Gasteiger partial charge on any atom is -0.280 e. The summed E-state index contributed by atoms with van der Waals surface area (Å²) in [6.07, 6.45) is -4.73. The number of nitrogens with one attached hydrogen (secondary N) is 2. The quantitative estimate of drug-likeness (QED) is 0.372. The molecule has 0 spiro atoms. The molecule has 0 aliphatic carbocycles. The molecule has 176 valence electrons. The van der Waals surface area contributed by atoms with E-state index in [0.717, 1.165) is 30.3 Å². The van der Waals surface area contributed by atoms with Crippen LogP contribution in [0.3, 0.4) is 0 Å². The van der Waals surface area contributed by atoms with E-state index in [-0.39, 0.29) is 30.5 Å². The van der Waals surface area contributed by atoms with E-state index in [0.29, 0.717) is 12.1 Å². The van der Waals surface area contributed by atoms with Crippen LogP contribution in [0.1, 0.15) is 5.56 Å². The molecule has 2 N–H and O–H groups in total. The van der Waals surface area contributed by atoms with Crippen LogP contribution < -0.4 is 9.44 Å². The van der Waals surface area contributed by atoms with E-state index in [1.807, 2.05) is 4.72 Å². The van der Waals surface area contributed by atoms with Crippen LogP contribution >= 0.6 is 34.8 Å². The number of hydrogen-bond acceptors (Lipinski definition) is 4. The van der Waals surface area contributed by atoms with Gasteiger partial charge in [0.2, 0.25) is 0 Å². The summed E-state index contributed by atoms with van der Waals surface area (Å²) in [7, 11) is -8.39. The summed E-state index contributed by atoms with van der Waals surface area (Å²) in [6.45, 7) is 0. The SMILES string of the molecule is O=S(=O)(Nc1cc(Cl)cc(C(F)(F)F)c1)c1ccc(NS(=O)(=O)c2cc(Cl)cc(Cl)c2)cc1. The number of alkyl halides is 3. The molecule has 0 heterocycles. The lowest BCUT2D eigenvalue weighted by Crippen LogP contribution is -2.15. The summed E-state index contributed by atoms with van der Waals surface area (Å²) in [5, 5.41) is -0.108. The Morgan fingerprint density at radius 1 is 0.606 bits per heavy atom. The standard InChI is InChI=1S/C19H12Cl3F3N2O4S2/c20-12-5-11(19(23,24)25)6-16(8-12)27-32(28,29)17-3-1-15(2-4-17)26-33(30,31)18-9-13(21)7-14(22)10-18/h1-10,26-27H. The monoisotopic (exact) mass is 558 g/mol. The first kappa shape index (κ1) is 25.4. The molecule has 0 saturated heterocycles. The molecule has 0 saturated carbocycles. The molecule has 0 unspecified atom stereocenters. The predicted octanol–water partition coefficient (Wildman–Crippen LogP) is 6.27. The molecular weight excluding hydrogens is 548 g/mol. The molecule has 3 aromatic rings. The van der Waals surface area contributed by atoms with Gasteiger partial charge in [-0.3, -0.25) is 9.44 Å². The van der Waals surface area contributed by atoms with E-state index in [4.69, 9.17) is 34.8 Å². The summed E-state index contributed by atoms with van der Waals surface area (Å²) in [4.78, 5) is -0.537. The summed E-state index contributed by atoms with van der Waals surface area (Å²) in [5.41, 5.74) is -1.50. The summed E-state index contributed by atoms with van der Waals surface area (Å²) >= 11 is 17.3. The van der Waals surface area contributed by atoms with Crippen LogP contribution in [0.5, 0.6) is 0 Å². The largest absolute Gasteiger partial charge is 0.416 e. The maximum Gasteiger partial charge on any atom is 0.416 e. The third-order valence-electron chi connectivity index (χ3n) is 4.04. The first-order valence-electron chi connectivity index (χ1n) is 8.65. The summed E-state index contributed by atoms with van der Waals surface area (Å²) in [6, 6.07) is 10.5. The van der Waals surface area contributed by atoms with Gasteiger partial charge in [-0.25, -0.2) is 16.8 Å². The molecule has 0 aliphatic heterocycles. The van der Waals surface area contributed by atoms with Gasteiger partial charge in [0.15, 0.2) is 0 Å². The van der Waals surface area contributed by atoms with Gasteiger partial charge in [0.1, 0.15) is 0 Å². The predicted molar refractivity (Wildman–Crippen MR) is 121 cm³/mol. The van der Waals surface area contributed by atoms with Crippen molar-refractivity contribution in [2.24, 2.45) is 0 Å². The lowest BCUT2D eigenvalue weighted by Gasteiger charge is -2.13. The highest BCUT2D eigenvalue weighted by molar-refractivity contribution is 7.93. The Morgan fingerprint density at radius 2 is 1.09 bits per heavy atom. The average molecular weight is 560 g/mol. The highest BCUT2D eigenvalue weighted by Crippen LogP contribution is 2.34.